The Hall–Kier alpha value is -0.370. The lowest BCUT2D eigenvalue weighted by Gasteiger charge is -2.61. The Bertz CT molecular complexity index is 606. The highest BCUT2D eigenvalue weighted by Gasteiger charge is 2.57. The van der Waals surface area contributed by atoms with Crippen molar-refractivity contribution < 1.29 is 9.53 Å². The number of hydrogen-bond donors (Lipinski definition) is 0. The second-order valence-electron chi connectivity index (χ2n) is 12.4. The zero-order valence-electron chi connectivity index (χ0n) is 20.6. The molecule has 0 heterocycles. The highest BCUT2D eigenvalue weighted by atomic mass is 16.5. The maximum Gasteiger partial charge on any atom is 0.135 e. The predicted octanol–water partition coefficient (Wildman–Crippen LogP) is 7.45. The van der Waals surface area contributed by atoms with E-state index in [1.165, 1.54) is 70.6 Å². The molecule has 30 heavy (non-hydrogen) atoms. The molecular formula is C28H48O2. The van der Waals surface area contributed by atoms with Crippen molar-refractivity contribution in [2.24, 2.45) is 46.3 Å². The van der Waals surface area contributed by atoms with Crippen LogP contribution in [0.4, 0.5) is 0 Å². The van der Waals surface area contributed by atoms with E-state index < -0.39 is 0 Å². The number of ketones is 1. The number of hydrogen-bond acceptors (Lipinski definition) is 2. The van der Waals surface area contributed by atoms with Gasteiger partial charge in [0.1, 0.15) is 5.78 Å². The summed E-state index contributed by atoms with van der Waals surface area (Å²) in [6.07, 6.45) is 16.2. The Kier molecular flexibility index (Phi) is 6.75. The Balaban J connectivity index is 1.38. The van der Waals surface area contributed by atoms with Crippen molar-refractivity contribution in [3.8, 4) is 0 Å². The molecular weight excluding hydrogens is 368 g/mol. The first-order valence-electron chi connectivity index (χ1n) is 13.4. The van der Waals surface area contributed by atoms with E-state index in [0.29, 0.717) is 23.2 Å². The van der Waals surface area contributed by atoms with E-state index in [0.717, 1.165) is 42.6 Å². The summed E-state index contributed by atoms with van der Waals surface area (Å²) in [7, 11) is 0. The van der Waals surface area contributed by atoms with Gasteiger partial charge in [-0.05, 0) is 106 Å². The molecule has 0 amide bonds. The highest BCUT2D eigenvalue weighted by Crippen LogP contribution is 2.63. The van der Waals surface area contributed by atoms with Crippen LogP contribution in [0.15, 0.2) is 0 Å². The number of carbonyl (C=O) groups is 1. The van der Waals surface area contributed by atoms with Crippen molar-refractivity contribution in [1.29, 1.82) is 0 Å². The normalized spacial score (nSPS) is 49.2. The summed E-state index contributed by atoms with van der Waals surface area (Å²) >= 11 is 0. The lowest BCUT2D eigenvalue weighted by Crippen LogP contribution is -2.55. The van der Waals surface area contributed by atoms with Crippen molar-refractivity contribution in [1.82, 2.24) is 0 Å². The maximum absolute atomic E-state index is 12.6. The molecule has 4 aliphatic carbocycles. The average Bonchev–Trinajstić information content (AvgIpc) is 2.73. The first-order valence-corrected chi connectivity index (χ1v) is 13.4. The van der Waals surface area contributed by atoms with E-state index in [-0.39, 0.29) is 5.41 Å². The molecule has 0 bridgehead atoms. The number of rotatable bonds is 5. The van der Waals surface area contributed by atoms with Gasteiger partial charge >= 0.3 is 0 Å². The summed E-state index contributed by atoms with van der Waals surface area (Å²) in [6.45, 7) is 12.5. The minimum atomic E-state index is -0.0725. The topological polar surface area (TPSA) is 26.3 Å². The van der Waals surface area contributed by atoms with Gasteiger partial charge in [-0.3, -0.25) is 4.79 Å². The predicted molar refractivity (Wildman–Crippen MR) is 124 cm³/mol. The summed E-state index contributed by atoms with van der Waals surface area (Å²) in [6, 6.07) is 0. The fourth-order valence-electron chi connectivity index (χ4n) is 8.65. The number of Topliss-reactive ketones (excluding diaryl/α,β-unsaturated/α-hetero) is 1. The van der Waals surface area contributed by atoms with E-state index in [1.807, 2.05) is 6.92 Å². The first-order chi connectivity index (χ1) is 14.3. The maximum atomic E-state index is 12.6. The zero-order chi connectivity index (χ0) is 21.5. The second-order valence-corrected chi connectivity index (χ2v) is 12.4. The molecule has 0 spiro atoms. The molecule has 4 fully saturated rings. The van der Waals surface area contributed by atoms with Crippen LogP contribution in [-0.2, 0) is 9.53 Å². The molecule has 7 unspecified atom stereocenters. The van der Waals surface area contributed by atoms with E-state index in [2.05, 4.69) is 27.7 Å². The molecule has 0 aromatic heterocycles. The highest BCUT2D eigenvalue weighted by molar-refractivity contribution is 5.82. The van der Waals surface area contributed by atoms with Crippen molar-refractivity contribution in [2.45, 2.75) is 118 Å². The fourth-order valence-corrected chi connectivity index (χ4v) is 8.65. The SMILES string of the molecule is CCC1C2CCC3CC(OCC4CCC(C)CC4)CCC3(C)C2CCC1(C)C(C)=O. The molecule has 0 aliphatic heterocycles. The van der Waals surface area contributed by atoms with E-state index >= 15 is 0 Å². The van der Waals surface area contributed by atoms with Crippen molar-refractivity contribution >= 4 is 5.78 Å². The molecule has 4 saturated carbocycles. The Morgan fingerprint density at radius 2 is 1.70 bits per heavy atom. The van der Waals surface area contributed by atoms with Crippen LogP contribution in [0, 0.1) is 46.3 Å². The smallest absolute Gasteiger partial charge is 0.135 e. The van der Waals surface area contributed by atoms with Crippen molar-refractivity contribution in [3.05, 3.63) is 0 Å². The monoisotopic (exact) mass is 416 g/mol. The first kappa shape index (κ1) is 22.8. The molecule has 0 aromatic rings. The molecule has 172 valence electrons. The molecule has 0 aromatic carbocycles. The van der Waals surface area contributed by atoms with Crippen LogP contribution in [0.5, 0.6) is 0 Å². The lowest BCUT2D eigenvalue weighted by molar-refractivity contribution is -0.154. The fraction of sp³-hybridized carbons (Fsp3) is 0.964. The third-order valence-corrected chi connectivity index (χ3v) is 11.0. The number of ether oxygens (including phenoxy) is 1. The molecule has 0 radical (unpaired) electrons. The van der Waals surface area contributed by atoms with E-state index in [9.17, 15) is 4.79 Å². The molecule has 4 rings (SSSR count). The van der Waals surface area contributed by atoms with Crippen molar-refractivity contribution in [3.63, 3.8) is 0 Å². The van der Waals surface area contributed by atoms with Crippen LogP contribution in [0.25, 0.3) is 0 Å². The molecule has 7 atom stereocenters. The van der Waals surface area contributed by atoms with Gasteiger partial charge in [-0.1, -0.05) is 47.0 Å². The van der Waals surface area contributed by atoms with Crippen LogP contribution in [-0.4, -0.2) is 18.5 Å². The number of fused-ring (bicyclic) bond motifs is 3. The minimum Gasteiger partial charge on any atom is -0.378 e. The average molecular weight is 417 g/mol. The van der Waals surface area contributed by atoms with Crippen LogP contribution < -0.4 is 0 Å². The summed E-state index contributed by atoms with van der Waals surface area (Å²) < 4.78 is 6.55. The summed E-state index contributed by atoms with van der Waals surface area (Å²) in [4.78, 5) is 12.6. The summed E-state index contributed by atoms with van der Waals surface area (Å²) in [5.41, 5.74) is 0.408. The van der Waals surface area contributed by atoms with Crippen molar-refractivity contribution in [2.75, 3.05) is 6.61 Å². The van der Waals surface area contributed by atoms with Crippen LogP contribution in [0.3, 0.4) is 0 Å². The quantitative estimate of drug-likeness (QED) is 0.465. The Morgan fingerprint density at radius 3 is 2.37 bits per heavy atom. The van der Waals surface area contributed by atoms with Gasteiger partial charge in [0.2, 0.25) is 0 Å². The van der Waals surface area contributed by atoms with Gasteiger partial charge in [-0.2, -0.15) is 0 Å². The summed E-state index contributed by atoms with van der Waals surface area (Å²) in [5, 5.41) is 0. The second kappa shape index (κ2) is 8.87. The largest absolute Gasteiger partial charge is 0.378 e. The van der Waals surface area contributed by atoms with Gasteiger partial charge in [0.15, 0.2) is 0 Å². The Labute approximate surface area is 186 Å². The molecule has 2 heteroatoms. The third-order valence-electron chi connectivity index (χ3n) is 11.0. The molecule has 2 nitrogen and oxygen atoms in total. The van der Waals surface area contributed by atoms with Crippen LogP contribution in [0.2, 0.25) is 0 Å². The lowest BCUT2D eigenvalue weighted by atomic mass is 9.44. The number of carbonyl (C=O) groups excluding carboxylic acids is 1. The molecule has 0 N–H and O–H groups in total. The molecule has 0 saturated heterocycles. The Morgan fingerprint density at radius 1 is 0.967 bits per heavy atom. The van der Waals surface area contributed by atoms with E-state index in [1.54, 1.807) is 0 Å². The van der Waals surface area contributed by atoms with Gasteiger partial charge in [0, 0.05) is 12.0 Å². The zero-order valence-corrected chi connectivity index (χ0v) is 20.6. The van der Waals surface area contributed by atoms with Gasteiger partial charge in [0.05, 0.1) is 6.10 Å². The van der Waals surface area contributed by atoms with Gasteiger partial charge in [-0.25, -0.2) is 0 Å². The third kappa shape index (κ3) is 4.04. The van der Waals surface area contributed by atoms with Crippen LogP contribution in [0.1, 0.15) is 112 Å². The van der Waals surface area contributed by atoms with Gasteiger partial charge < -0.3 is 4.74 Å². The molecule has 4 aliphatic rings. The minimum absolute atomic E-state index is 0.0725. The standard InChI is InChI=1S/C28H48O2/c1-6-25-24-12-11-22-17-23(30-18-21-9-7-19(2)8-10-21)13-15-28(22,5)26(24)14-16-27(25,4)20(3)29/h19,21-26H,6-18H2,1-5H3. The van der Waals surface area contributed by atoms with Gasteiger partial charge in [-0.15, -0.1) is 0 Å². The van der Waals surface area contributed by atoms with E-state index in [4.69, 9.17) is 4.74 Å². The van der Waals surface area contributed by atoms with Crippen LogP contribution >= 0.6 is 0 Å². The summed E-state index contributed by atoms with van der Waals surface area (Å²) in [5.74, 6) is 5.21. The van der Waals surface area contributed by atoms with Gasteiger partial charge in [0.25, 0.3) is 0 Å².